The first kappa shape index (κ1) is 16.4. The van der Waals surface area contributed by atoms with Crippen molar-refractivity contribution in [2.75, 3.05) is 4.72 Å². The van der Waals surface area contributed by atoms with Gasteiger partial charge in [-0.25, -0.2) is 8.42 Å². The van der Waals surface area contributed by atoms with Gasteiger partial charge in [-0.2, -0.15) is 0 Å². The Morgan fingerprint density at radius 2 is 1.70 bits per heavy atom. The maximum Gasteiger partial charge on any atom is 0.271 e. The molecule has 3 nitrogen and oxygen atoms in total. The minimum atomic E-state index is -3.75. The molecule has 0 atom stereocenters. The van der Waals surface area contributed by atoms with Crippen molar-refractivity contribution in [1.29, 1.82) is 0 Å². The van der Waals surface area contributed by atoms with E-state index < -0.39 is 10.0 Å². The largest absolute Gasteiger partial charge is 0.276 e. The third kappa shape index (κ3) is 3.43. The molecule has 0 aliphatic carbocycles. The van der Waals surface area contributed by atoms with Crippen molar-refractivity contribution < 1.29 is 8.42 Å². The Morgan fingerprint density at radius 3 is 2.15 bits per heavy atom. The quantitative estimate of drug-likeness (QED) is 0.684. The number of nitrogens with one attached hydrogen (secondary N) is 1. The summed E-state index contributed by atoms with van der Waals surface area (Å²) in [6, 6.07) is 4.40. The van der Waals surface area contributed by atoms with Gasteiger partial charge in [-0.15, -0.1) is 11.3 Å². The fraction of sp³-hybridized carbons (Fsp3) is 0.0909. The van der Waals surface area contributed by atoms with Crippen molar-refractivity contribution in [1.82, 2.24) is 0 Å². The molecule has 0 fully saturated rings. The summed E-state index contributed by atoms with van der Waals surface area (Å²) in [5.41, 5.74) is 0.948. The zero-order valence-corrected chi connectivity index (χ0v) is 15.4. The number of halogens is 4. The molecule has 1 N–H and O–H groups in total. The maximum atomic E-state index is 12.3. The summed E-state index contributed by atoms with van der Waals surface area (Å²) in [5, 5.41) is 0.606. The number of hydrogen-bond acceptors (Lipinski definition) is 3. The van der Waals surface area contributed by atoms with Crippen LogP contribution in [0.25, 0.3) is 0 Å². The highest BCUT2D eigenvalue weighted by Gasteiger charge is 2.21. The Balaban J connectivity index is 2.43. The predicted molar refractivity (Wildman–Crippen MR) is 89.0 cm³/mol. The molecule has 0 aliphatic rings. The lowest BCUT2D eigenvalue weighted by molar-refractivity contribution is 0.603. The van der Waals surface area contributed by atoms with Crippen molar-refractivity contribution in [3.05, 3.63) is 42.6 Å². The van der Waals surface area contributed by atoms with Gasteiger partial charge in [-0.3, -0.25) is 4.72 Å². The van der Waals surface area contributed by atoms with E-state index in [9.17, 15) is 8.42 Å². The average Bonchev–Trinajstić information content (AvgIpc) is 2.65. The fourth-order valence-electron chi connectivity index (χ4n) is 1.39. The summed E-state index contributed by atoms with van der Waals surface area (Å²) in [7, 11) is -3.75. The summed E-state index contributed by atoms with van der Waals surface area (Å²) < 4.78 is 27.9. The number of hydrogen-bond donors (Lipinski definition) is 1. The summed E-state index contributed by atoms with van der Waals surface area (Å²) in [4.78, 5) is 0. The molecule has 0 saturated carbocycles. The van der Waals surface area contributed by atoms with Crippen LogP contribution in [-0.4, -0.2) is 8.42 Å². The molecule has 0 amide bonds. The first-order valence-corrected chi connectivity index (χ1v) is 9.36. The normalized spacial score (nSPS) is 11.7. The highest BCUT2D eigenvalue weighted by Crippen LogP contribution is 2.37. The Bertz CT molecular complexity index is 731. The maximum absolute atomic E-state index is 12.3. The molecule has 0 aliphatic heterocycles. The van der Waals surface area contributed by atoms with Crippen LogP contribution >= 0.6 is 62.1 Å². The number of thiophene rings is 1. The fourth-order valence-corrected chi connectivity index (χ4v) is 5.74. The first-order chi connectivity index (χ1) is 9.20. The van der Waals surface area contributed by atoms with Crippen LogP contribution in [0.15, 0.2) is 26.2 Å². The van der Waals surface area contributed by atoms with Crippen LogP contribution in [0.1, 0.15) is 5.56 Å². The Hall–Kier alpha value is 0.0200. The smallest absolute Gasteiger partial charge is 0.271 e. The molecular formula is C11H7BrCl3NO2S2. The topological polar surface area (TPSA) is 46.2 Å². The SMILES string of the molecule is Cc1cc(S(=O)(=O)Nc2c(Cl)cc(Cl)cc2Cl)sc1Br. The van der Waals surface area contributed by atoms with Crippen LogP contribution in [0.4, 0.5) is 5.69 Å². The number of aryl methyl sites for hydroxylation is 1. The van der Waals surface area contributed by atoms with Gasteiger partial charge in [0, 0.05) is 5.02 Å². The van der Waals surface area contributed by atoms with Gasteiger partial charge in [-0.05, 0) is 46.6 Å². The zero-order valence-electron chi connectivity index (χ0n) is 9.88. The molecule has 9 heteroatoms. The van der Waals surface area contributed by atoms with Crippen LogP contribution < -0.4 is 4.72 Å². The van der Waals surface area contributed by atoms with Crippen molar-refractivity contribution in [2.45, 2.75) is 11.1 Å². The zero-order chi connectivity index (χ0) is 15.1. The van der Waals surface area contributed by atoms with Crippen molar-refractivity contribution >= 4 is 77.8 Å². The molecule has 20 heavy (non-hydrogen) atoms. The van der Waals surface area contributed by atoms with Gasteiger partial charge in [0.15, 0.2) is 0 Å². The molecule has 108 valence electrons. The van der Waals surface area contributed by atoms with Crippen LogP contribution in [0.5, 0.6) is 0 Å². The van der Waals surface area contributed by atoms with E-state index >= 15 is 0 Å². The van der Waals surface area contributed by atoms with Crippen LogP contribution in [-0.2, 0) is 10.0 Å². The Morgan fingerprint density at radius 1 is 1.15 bits per heavy atom. The van der Waals surface area contributed by atoms with Gasteiger partial charge in [0.2, 0.25) is 0 Å². The average molecular weight is 436 g/mol. The second kappa shape index (κ2) is 6.02. The van der Waals surface area contributed by atoms with E-state index in [1.54, 1.807) is 6.07 Å². The molecule has 0 radical (unpaired) electrons. The summed E-state index contributed by atoms with van der Waals surface area (Å²) in [6.45, 7) is 1.81. The van der Waals surface area contributed by atoms with E-state index in [1.807, 2.05) is 6.92 Å². The molecule has 1 aromatic heterocycles. The van der Waals surface area contributed by atoms with E-state index in [2.05, 4.69) is 20.7 Å². The van der Waals surface area contributed by atoms with E-state index in [1.165, 1.54) is 12.1 Å². The van der Waals surface area contributed by atoms with Crippen LogP contribution in [0.2, 0.25) is 15.1 Å². The number of anilines is 1. The monoisotopic (exact) mass is 433 g/mol. The van der Waals surface area contributed by atoms with E-state index in [0.717, 1.165) is 20.7 Å². The molecular weight excluding hydrogens is 429 g/mol. The van der Waals surface area contributed by atoms with E-state index in [4.69, 9.17) is 34.8 Å². The molecule has 2 aromatic rings. The van der Waals surface area contributed by atoms with Gasteiger partial charge in [-0.1, -0.05) is 34.8 Å². The Kier molecular flexibility index (Phi) is 4.94. The Labute approximate surface area is 144 Å². The van der Waals surface area contributed by atoms with Crippen molar-refractivity contribution in [3.8, 4) is 0 Å². The van der Waals surface area contributed by atoms with Crippen LogP contribution in [0.3, 0.4) is 0 Å². The molecule has 0 saturated heterocycles. The van der Waals surface area contributed by atoms with Gasteiger partial charge < -0.3 is 0 Å². The molecule has 0 spiro atoms. The highest BCUT2D eigenvalue weighted by atomic mass is 79.9. The molecule has 2 rings (SSSR count). The highest BCUT2D eigenvalue weighted by molar-refractivity contribution is 9.11. The van der Waals surface area contributed by atoms with Gasteiger partial charge in [0.05, 0.1) is 19.5 Å². The summed E-state index contributed by atoms with van der Waals surface area (Å²) in [5.74, 6) is 0. The van der Waals surface area contributed by atoms with Gasteiger partial charge in [0.25, 0.3) is 10.0 Å². The minimum absolute atomic E-state index is 0.111. The predicted octanol–water partition coefficient (Wildman–Crippen LogP) is 5.58. The second-order valence-electron chi connectivity index (χ2n) is 3.87. The lowest BCUT2D eigenvalue weighted by atomic mass is 10.3. The summed E-state index contributed by atoms with van der Waals surface area (Å²) in [6.07, 6.45) is 0. The van der Waals surface area contributed by atoms with E-state index in [0.29, 0.717) is 5.02 Å². The molecule has 1 heterocycles. The van der Waals surface area contributed by atoms with Gasteiger partial charge in [0.1, 0.15) is 4.21 Å². The lowest BCUT2D eigenvalue weighted by Gasteiger charge is -2.10. The van der Waals surface area contributed by atoms with Crippen LogP contribution in [0, 0.1) is 6.92 Å². The van der Waals surface area contributed by atoms with Gasteiger partial charge >= 0.3 is 0 Å². The van der Waals surface area contributed by atoms with Crippen molar-refractivity contribution in [3.63, 3.8) is 0 Å². The molecule has 0 bridgehead atoms. The lowest BCUT2D eigenvalue weighted by Crippen LogP contribution is -2.12. The molecule has 1 aromatic carbocycles. The van der Waals surface area contributed by atoms with Crippen molar-refractivity contribution in [2.24, 2.45) is 0 Å². The minimum Gasteiger partial charge on any atom is -0.276 e. The standard InChI is InChI=1S/C11H7BrCl3NO2S2/c1-5-2-9(19-11(5)12)20(17,18)16-10-7(14)3-6(13)4-8(10)15/h2-4,16H,1H3. The third-order valence-corrected chi connectivity index (χ3v) is 7.12. The third-order valence-electron chi connectivity index (χ3n) is 2.34. The summed E-state index contributed by atoms with van der Waals surface area (Å²) >= 11 is 22.1. The number of sulfonamides is 1. The number of benzene rings is 1. The number of rotatable bonds is 3. The second-order valence-corrected chi connectivity index (χ2v) is 9.40. The molecule has 0 unspecified atom stereocenters. The van der Waals surface area contributed by atoms with E-state index in [-0.39, 0.29) is 19.9 Å². The first-order valence-electron chi connectivity index (χ1n) is 5.14.